The average molecular weight is 352 g/mol. The predicted octanol–water partition coefficient (Wildman–Crippen LogP) is 2.43. The molecular formula is C19H24N6O. The zero-order valence-electron chi connectivity index (χ0n) is 14.8. The first-order valence-electron chi connectivity index (χ1n) is 9.30. The van der Waals surface area contributed by atoms with Gasteiger partial charge >= 0.3 is 0 Å². The van der Waals surface area contributed by atoms with Crippen molar-refractivity contribution in [2.24, 2.45) is 0 Å². The van der Waals surface area contributed by atoms with E-state index in [0.717, 1.165) is 37.9 Å². The number of amides is 1. The predicted molar refractivity (Wildman–Crippen MR) is 102 cm³/mol. The molecule has 2 aromatic rings. The van der Waals surface area contributed by atoms with E-state index in [1.165, 1.54) is 25.7 Å². The summed E-state index contributed by atoms with van der Waals surface area (Å²) in [5, 5.41) is 0. The van der Waals surface area contributed by atoms with Crippen molar-refractivity contribution in [2.75, 3.05) is 41.4 Å². The van der Waals surface area contributed by atoms with Gasteiger partial charge in [0.25, 0.3) is 5.91 Å². The Morgan fingerprint density at radius 3 is 2.23 bits per heavy atom. The van der Waals surface area contributed by atoms with Gasteiger partial charge in [-0.15, -0.1) is 0 Å². The van der Waals surface area contributed by atoms with E-state index < -0.39 is 0 Å². The lowest BCUT2D eigenvalue weighted by Gasteiger charge is -2.22. The summed E-state index contributed by atoms with van der Waals surface area (Å²) >= 11 is 0. The van der Waals surface area contributed by atoms with Crippen molar-refractivity contribution in [1.29, 1.82) is 0 Å². The Kier molecular flexibility index (Phi) is 4.86. The van der Waals surface area contributed by atoms with E-state index in [2.05, 4.69) is 25.6 Å². The van der Waals surface area contributed by atoms with E-state index in [4.69, 9.17) is 4.98 Å². The van der Waals surface area contributed by atoms with Gasteiger partial charge in [0, 0.05) is 37.8 Å². The Labute approximate surface area is 153 Å². The summed E-state index contributed by atoms with van der Waals surface area (Å²) in [6.45, 7) is 4.01. The molecule has 3 heterocycles. The number of hydrogen-bond donors (Lipinski definition) is 2. The van der Waals surface area contributed by atoms with Gasteiger partial charge in [-0.2, -0.15) is 9.97 Å². The lowest BCUT2D eigenvalue weighted by molar-refractivity contribution is 0.0962. The van der Waals surface area contributed by atoms with Crippen LogP contribution in [-0.4, -0.2) is 42.1 Å². The molecule has 0 bridgehead atoms. The fourth-order valence-electron chi connectivity index (χ4n) is 3.44. The summed E-state index contributed by atoms with van der Waals surface area (Å²) in [5.41, 5.74) is 6.31. The van der Waals surface area contributed by atoms with E-state index in [1.807, 2.05) is 24.3 Å². The molecule has 1 aromatic heterocycles. The molecule has 1 aromatic carbocycles. The molecule has 1 amide bonds. The van der Waals surface area contributed by atoms with Crippen LogP contribution in [0.4, 0.5) is 17.6 Å². The van der Waals surface area contributed by atoms with Crippen LogP contribution in [0.3, 0.4) is 0 Å². The van der Waals surface area contributed by atoms with Crippen molar-refractivity contribution in [3.63, 3.8) is 0 Å². The fraction of sp³-hybridized carbons (Fsp3) is 0.421. The molecule has 26 heavy (non-hydrogen) atoms. The third kappa shape index (κ3) is 3.71. The van der Waals surface area contributed by atoms with Gasteiger partial charge in [-0.1, -0.05) is 18.2 Å². The first-order valence-corrected chi connectivity index (χ1v) is 9.30. The van der Waals surface area contributed by atoms with Crippen LogP contribution >= 0.6 is 0 Å². The molecule has 2 fully saturated rings. The van der Waals surface area contributed by atoms with Crippen molar-refractivity contribution < 1.29 is 4.79 Å². The quantitative estimate of drug-likeness (QED) is 0.805. The maximum Gasteiger partial charge on any atom is 0.269 e. The molecule has 0 aliphatic carbocycles. The fourth-order valence-corrected chi connectivity index (χ4v) is 3.44. The number of aromatic nitrogens is 2. The van der Waals surface area contributed by atoms with Gasteiger partial charge in [0.15, 0.2) is 5.82 Å². The van der Waals surface area contributed by atoms with Crippen LogP contribution in [0.25, 0.3) is 0 Å². The topological polar surface area (TPSA) is 73.4 Å². The molecule has 2 N–H and O–H groups in total. The summed E-state index contributed by atoms with van der Waals surface area (Å²) in [6, 6.07) is 11.0. The standard InChI is InChI=1S/C19H24N6O/c26-18(15-8-2-1-3-9-15)23-22-16-14-17(24-10-4-5-11-24)21-19(20-16)25-12-6-7-13-25/h1-3,8-9,14H,4-7,10-13H2,(H,23,26)(H,20,21,22). The Bertz CT molecular complexity index is 720. The molecule has 0 unspecified atom stereocenters. The highest BCUT2D eigenvalue weighted by atomic mass is 16.2. The van der Waals surface area contributed by atoms with Crippen LogP contribution < -0.4 is 20.7 Å². The minimum absolute atomic E-state index is 0.186. The van der Waals surface area contributed by atoms with Crippen LogP contribution in [0, 0.1) is 0 Å². The molecular weight excluding hydrogens is 328 g/mol. The Balaban J connectivity index is 1.52. The molecule has 2 aliphatic heterocycles. The Morgan fingerprint density at radius 1 is 0.885 bits per heavy atom. The van der Waals surface area contributed by atoms with E-state index in [1.54, 1.807) is 12.1 Å². The van der Waals surface area contributed by atoms with Crippen LogP contribution in [0.5, 0.6) is 0 Å². The number of benzene rings is 1. The van der Waals surface area contributed by atoms with Crippen LogP contribution in [0.15, 0.2) is 36.4 Å². The van der Waals surface area contributed by atoms with Crippen molar-refractivity contribution >= 4 is 23.5 Å². The number of nitrogens with one attached hydrogen (secondary N) is 2. The molecule has 0 atom stereocenters. The van der Waals surface area contributed by atoms with Crippen molar-refractivity contribution in [3.8, 4) is 0 Å². The third-order valence-electron chi connectivity index (χ3n) is 4.86. The average Bonchev–Trinajstić information content (AvgIpc) is 3.40. The number of anilines is 3. The van der Waals surface area contributed by atoms with Gasteiger partial charge in [0.05, 0.1) is 0 Å². The van der Waals surface area contributed by atoms with E-state index >= 15 is 0 Å². The monoisotopic (exact) mass is 352 g/mol. The SMILES string of the molecule is O=C(NNc1cc(N2CCCC2)nc(N2CCCC2)n1)c1ccccc1. The van der Waals surface area contributed by atoms with Crippen LogP contribution in [0.1, 0.15) is 36.0 Å². The summed E-state index contributed by atoms with van der Waals surface area (Å²) in [5.74, 6) is 2.10. The number of hydrogen-bond acceptors (Lipinski definition) is 6. The molecule has 0 radical (unpaired) electrons. The van der Waals surface area contributed by atoms with Crippen molar-refractivity contribution in [2.45, 2.75) is 25.7 Å². The molecule has 7 nitrogen and oxygen atoms in total. The smallest absolute Gasteiger partial charge is 0.269 e. The van der Waals surface area contributed by atoms with Crippen molar-refractivity contribution in [1.82, 2.24) is 15.4 Å². The number of hydrazine groups is 1. The minimum atomic E-state index is -0.186. The maximum atomic E-state index is 12.3. The van der Waals surface area contributed by atoms with Gasteiger partial charge in [-0.25, -0.2) is 0 Å². The summed E-state index contributed by atoms with van der Waals surface area (Å²) < 4.78 is 0. The molecule has 7 heteroatoms. The number of carbonyl (C=O) groups is 1. The van der Waals surface area contributed by atoms with Gasteiger partial charge in [-0.05, 0) is 37.8 Å². The highest BCUT2D eigenvalue weighted by molar-refractivity contribution is 5.94. The van der Waals surface area contributed by atoms with Gasteiger partial charge < -0.3 is 9.80 Å². The van der Waals surface area contributed by atoms with Gasteiger partial charge in [0.2, 0.25) is 5.95 Å². The second-order valence-electron chi connectivity index (χ2n) is 6.74. The normalized spacial score (nSPS) is 16.8. The number of rotatable bonds is 5. The lowest BCUT2D eigenvalue weighted by Crippen LogP contribution is -2.31. The number of nitrogens with zero attached hydrogens (tertiary/aromatic N) is 4. The molecule has 4 rings (SSSR count). The van der Waals surface area contributed by atoms with Crippen LogP contribution in [0.2, 0.25) is 0 Å². The van der Waals surface area contributed by atoms with Gasteiger partial charge in [0.1, 0.15) is 5.82 Å². The van der Waals surface area contributed by atoms with E-state index in [0.29, 0.717) is 11.4 Å². The maximum absolute atomic E-state index is 12.3. The van der Waals surface area contributed by atoms with Gasteiger partial charge in [-0.3, -0.25) is 15.6 Å². The van der Waals surface area contributed by atoms with E-state index in [-0.39, 0.29) is 5.91 Å². The van der Waals surface area contributed by atoms with E-state index in [9.17, 15) is 4.79 Å². The summed E-state index contributed by atoms with van der Waals surface area (Å²) in [7, 11) is 0. The molecule has 0 spiro atoms. The Hall–Kier alpha value is -2.83. The Morgan fingerprint density at radius 2 is 1.54 bits per heavy atom. The minimum Gasteiger partial charge on any atom is -0.356 e. The van der Waals surface area contributed by atoms with Crippen molar-refractivity contribution in [3.05, 3.63) is 42.0 Å². The highest BCUT2D eigenvalue weighted by Gasteiger charge is 2.20. The summed E-state index contributed by atoms with van der Waals surface area (Å²) in [6.07, 6.45) is 4.72. The second-order valence-corrected chi connectivity index (χ2v) is 6.74. The molecule has 2 saturated heterocycles. The molecule has 136 valence electrons. The number of carbonyl (C=O) groups excluding carboxylic acids is 1. The third-order valence-corrected chi connectivity index (χ3v) is 4.86. The van der Waals surface area contributed by atoms with Crippen LogP contribution in [-0.2, 0) is 0 Å². The first-order chi connectivity index (χ1) is 12.8. The highest BCUT2D eigenvalue weighted by Crippen LogP contribution is 2.25. The first kappa shape index (κ1) is 16.6. The zero-order valence-corrected chi connectivity index (χ0v) is 14.8. The molecule has 0 saturated carbocycles. The molecule has 2 aliphatic rings. The zero-order chi connectivity index (χ0) is 17.8. The lowest BCUT2D eigenvalue weighted by atomic mass is 10.2. The largest absolute Gasteiger partial charge is 0.356 e. The summed E-state index contributed by atoms with van der Waals surface area (Å²) in [4.78, 5) is 26.1. The second kappa shape index (κ2) is 7.59.